The SMILES string of the molecule is CCOc1cc(Br)c(NC(=O)CCNC)cc1OCC. The Balaban J connectivity index is 2.90. The van der Waals surface area contributed by atoms with Crippen molar-refractivity contribution in [1.29, 1.82) is 0 Å². The van der Waals surface area contributed by atoms with E-state index in [2.05, 4.69) is 26.6 Å². The topological polar surface area (TPSA) is 59.6 Å². The normalized spacial score (nSPS) is 10.2. The van der Waals surface area contributed by atoms with Crippen LogP contribution in [-0.4, -0.2) is 32.7 Å². The van der Waals surface area contributed by atoms with Crippen molar-refractivity contribution in [2.45, 2.75) is 20.3 Å². The Morgan fingerprint density at radius 3 is 2.35 bits per heavy atom. The van der Waals surface area contributed by atoms with Crippen LogP contribution >= 0.6 is 15.9 Å². The van der Waals surface area contributed by atoms with Crippen molar-refractivity contribution in [3.05, 3.63) is 16.6 Å². The van der Waals surface area contributed by atoms with Crippen molar-refractivity contribution >= 4 is 27.5 Å². The van der Waals surface area contributed by atoms with Gasteiger partial charge in [-0.1, -0.05) is 0 Å². The van der Waals surface area contributed by atoms with Crippen LogP contribution in [0.4, 0.5) is 5.69 Å². The summed E-state index contributed by atoms with van der Waals surface area (Å²) in [5.41, 5.74) is 0.679. The average molecular weight is 345 g/mol. The van der Waals surface area contributed by atoms with Crippen LogP contribution in [0.5, 0.6) is 11.5 Å². The van der Waals surface area contributed by atoms with Gasteiger partial charge in [-0.25, -0.2) is 0 Å². The first kappa shape index (κ1) is 16.8. The third-order valence-corrected chi connectivity index (χ3v) is 3.17. The number of carbonyl (C=O) groups excluding carboxylic acids is 1. The first-order valence-electron chi connectivity index (χ1n) is 6.65. The van der Waals surface area contributed by atoms with E-state index in [1.165, 1.54) is 0 Å². The van der Waals surface area contributed by atoms with E-state index in [1.807, 2.05) is 27.0 Å². The van der Waals surface area contributed by atoms with Crippen molar-refractivity contribution in [3.8, 4) is 11.5 Å². The van der Waals surface area contributed by atoms with Crippen LogP contribution in [0.15, 0.2) is 16.6 Å². The monoisotopic (exact) mass is 344 g/mol. The zero-order valence-electron chi connectivity index (χ0n) is 12.1. The van der Waals surface area contributed by atoms with E-state index >= 15 is 0 Å². The van der Waals surface area contributed by atoms with E-state index in [1.54, 1.807) is 6.07 Å². The van der Waals surface area contributed by atoms with Crippen LogP contribution in [0.1, 0.15) is 20.3 Å². The zero-order chi connectivity index (χ0) is 15.0. The van der Waals surface area contributed by atoms with Gasteiger partial charge in [0.25, 0.3) is 0 Å². The molecule has 112 valence electrons. The van der Waals surface area contributed by atoms with Crippen LogP contribution in [0.25, 0.3) is 0 Å². The van der Waals surface area contributed by atoms with E-state index in [0.717, 1.165) is 4.47 Å². The molecule has 0 aliphatic rings. The first-order valence-corrected chi connectivity index (χ1v) is 7.45. The molecule has 0 heterocycles. The van der Waals surface area contributed by atoms with E-state index in [-0.39, 0.29) is 5.91 Å². The third kappa shape index (κ3) is 5.02. The number of hydrogen-bond donors (Lipinski definition) is 2. The molecule has 0 bridgehead atoms. The molecule has 1 amide bonds. The Kier molecular flexibility index (Phi) is 7.40. The van der Waals surface area contributed by atoms with Gasteiger partial charge in [0.1, 0.15) is 0 Å². The molecule has 0 atom stereocenters. The van der Waals surface area contributed by atoms with Crippen LogP contribution < -0.4 is 20.1 Å². The maximum Gasteiger partial charge on any atom is 0.225 e. The molecule has 6 heteroatoms. The van der Waals surface area contributed by atoms with Gasteiger partial charge in [-0.3, -0.25) is 4.79 Å². The third-order valence-electron chi connectivity index (χ3n) is 2.51. The molecule has 0 aliphatic heterocycles. The highest BCUT2D eigenvalue weighted by Crippen LogP contribution is 2.36. The molecule has 1 aromatic carbocycles. The molecule has 1 rings (SSSR count). The summed E-state index contributed by atoms with van der Waals surface area (Å²) in [6.07, 6.45) is 0.417. The lowest BCUT2D eigenvalue weighted by Crippen LogP contribution is -2.19. The average Bonchev–Trinajstić information content (AvgIpc) is 2.42. The second-order valence-corrected chi connectivity index (χ2v) is 4.90. The summed E-state index contributed by atoms with van der Waals surface area (Å²) in [6.45, 7) is 5.55. The van der Waals surface area contributed by atoms with Crippen LogP contribution in [0, 0.1) is 0 Å². The Hall–Kier alpha value is -1.27. The highest BCUT2D eigenvalue weighted by Gasteiger charge is 2.12. The van der Waals surface area contributed by atoms with E-state index < -0.39 is 0 Å². The summed E-state index contributed by atoms with van der Waals surface area (Å²) in [5, 5.41) is 5.79. The molecular formula is C14H21BrN2O3. The maximum absolute atomic E-state index is 11.8. The summed E-state index contributed by atoms with van der Waals surface area (Å²) in [6, 6.07) is 3.58. The molecule has 0 saturated heterocycles. The highest BCUT2D eigenvalue weighted by molar-refractivity contribution is 9.10. The minimum atomic E-state index is -0.0494. The summed E-state index contributed by atoms with van der Waals surface area (Å²) < 4.78 is 11.8. The van der Waals surface area contributed by atoms with Gasteiger partial charge >= 0.3 is 0 Å². The fourth-order valence-corrected chi connectivity index (χ4v) is 2.04. The Bertz CT molecular complexity index is 452. The predicted molar refractivity (Wildman–Crippen MR) is 83.7 cm³/mol. The molecule has 0 spiro atoms. The van der Waals surface area contributed by atoms with Gasteiger partial charge in [0.05, 0.1) is 18.9 Å². The van der Waals surface area contributed by atoms with Gasteiger partial charge in [0, 0.05) is 29.6 Å². The fourth-order valence-electron chi connectivity index (χ4n) is 1.62. The molecule has 0 fully saturated rings. The minimum Gasteiger partial charge on any atom is -0.490 e. The molecule has 0 saturated carbocycles. The van der Waals surface area contributed by atoms with E-state index in [4.69, 9.17) is 9.47 Å². The Morgan fingerprint density at radius 1 is 1.20 bits per heavy atom. The summed E-state index contributed by atoms with van der Waals surface area (Å²) in [7, 11) is 1.81. The van der Waals surface area contributed by atoms with Crippen molar-refractivity contribution in [3.63, 3.8) is 0 Å². The lowest BCUT2D eigenvalue weighted by Gasteiger charge is -2.14. The first-order chi connectivity index (χ1) is 9.62. The summed E-state index contributed by atoms with van der Waals surface area (Å²) in [4.78, 5) is 11.8. The second-order valence-electron chi connectivity index (χ2n) is 4.05. The minimum absolute atomic E-state index is 0.0494. The van der Waals surface area contributed by atoms with Gasteiger partial charge in [-0.05, 0) is 36.8 Å². The Morgan fingerprint density at radius 2 is 1.80 bits per heavy atom. The predicted octanol–water partition coefficient (Wildman–Crippen LogP) is 2.79. The zero-order valence-corrected chi connectivity index (χ0v) is 13.7. The van der Waals surface area contributed by atoms with Crippen molar-refractivity contribution in [2.24, 2.45) is 0 Å². The number of carbonyl (C=O) groups is 1. The lowest BCUT2D eigenvalue weighted by molar-refractivity contribution is -0.116. The molecule has 0 aliphatic carbocycles. The van der Waals surface area contributed by atoms with Gasteiger partial charge in [-0.15, -0.1) is 0 Å². The molecule has 0 aromatic heterocycles. The molecular weight excluding hydrogens is 324 g/mol. The van der Waals surface area contributed by atoms with Gasteiger partial charge in [0.2, 0.25) is 5.91 Å². The van der Waals surface area contributed by atoms with Crippen molar-refractivity contribution in [2.75, 3.05) is 32.1 Å². The molecule has 5 nitrogen and oxygen atoms in total. The number of rotatable bonds is 8. The van der Waals surface area contributed by atoms with Gasteiger partial charge in [0.15, 0.2) is 11.5 Å². The fraction of sp³-hybridized carbons (Fsp3) is 0.500. The number of amides is 1. The van der Waals surface area contributed by atoms with E-state index in [0.29, 0.717) is 43.4 Å². The molecule has 2 N–H and O–H groups in total. The lowest BCUT2D eigenvalue weighted by atomic mass is 10.2. The molecule has 0 radical (unpaired) electrons. The van der Waals surface area contributed by atoms with Crippen LogP contribution in [-0.2, 0) is 4.79 Å². The number of ether oxygens (including phenoxy) is 2. The summed E-state index contributed by atoms with van der Waals surface area (Å²) in [5.74, 6) is 1.24. The Labute approximate surface area is 128 Å². The second kappa shape index (κ2) is 8.81. The van der Waals surface area contributed by atoms with E-state index in [9.17, 15) is 4.79 Å². The van der Waals surface area contributed by atoms with Gasteiger partial charge < -0.3 is 20.1 Å². The molecule has 1 aromatic rings. The molecule has 0 unspecified atom stereocenters. The quantitative estimate of drug-likeness (QED) is 0.761. The van der Waals surface area contributed by atoms with Gasteiger partial charge in [-0.2, -0.15) is 0 Å². The molecule has 20 heavy (non-hydrogen) atoms. The largest absolute Gasteiger partial charge is 0.490 e. The number of anilines is 1. The number of benzene rings is 1. The smallest absolute Gasteiger partial charge is 0.225 e. The van der Waals surface area contributed by atoms with Crippen molar-refractivity contribution < 1.29 is 14.3 Å². The number of nitrogens with one attached hydrogen (secondary N) is 2. The number of hydrogen-bond acceptors (Lipinski definition) is 4. The standard InChI is InChI=1S/C14H21BrN2O3/c1-4-19-12-8-10(15)11(9-13(12)20-5-2)17-14(18)6-7-16-3/h8-9,16H,4-7H2,1-3H3,(H,17,18). The highest BCUT2D eigenvalue weighted by atomic mass is 79.9. The summed E-state index contributed by atoms with van der Waals surface area (Å²) >= 11 is 3.43. The number of halogens is 1. The van der Waals surface area contributed by atoms with Crippen molar-refractivity contribution in [1.82, 2.24) is 5.32 Å². The van der Waals surface area contributed by atoms with Crippen LogP contribution in [0.3, 0.4) is 0 Å². The van der Waals surface area contributed by atoms with Crippen LogP contribution in [0.2, 0.25) is 0 Å². The maximum atomic E-state index is 11.8.